The smallest absolute Gasteiger partial charge is 0.322 e. The largest absolute Gasteiger partial charge is 0.385 e. The van der Waals surface area contributed by atoms with Crippen LogP contribution in [0.2, 0.25) is 0 Å². The van der Waals surface area contributed by atoms with Gasteiger partial charge in [-0.3, -0.25) is 15.1 Å². The van der Waals surface area contributed by atoms with Gasteiger partial charge in [0.2, 0.25) is 0 Å². The molecule has 3 amide bonds. The van der Waals surface area contributed by atoms with Crippen molar-refractivity contribution in [1.82, 2.24) is 15.6 Å². The molecule has 1 aromatic heterocycles. The van der Waals surface area contributed by atoms with Gasteiger partial charge in [0.05, 0.1) is 5.52 Å². The number of pyridine rings is 1. The molecule has 0 radical (unpaired) electrons. The second-order valence-corrected chi connectivity index (χ2v) is 6.55. The molecule has 1 fully saturated rings. The number of urea groups is 1. The quantitative estimate of drug-likeness (QED) is 0.635. The van der Waals surface area contributed by atoms with Gasteiger partial charge in [0.1, 0.15) is 11.6 Å². The number of nitrogens with zero attached hydrogens (tertiary/aromatic N) is 1. The van der Waals surface area contributed by atoms with E-state index in [0.717, 1.165) is 22.0 Å². The number of benzene rings is 2. The Bertz CT molecular complexity index is 1020. The van der Waals surface area contributed by atoms with E-state index in [9.17, 15) is 14.7 Å². The zero-order valence-corrected chi connectivity index (χ0v) is 14.1. The highest BCUT2D eigenvalue weighted by Crippen LogP contribution is 2.30. The number of hydrogen-bond donors (Lipinski definition) is 3. The van der Waals surface area contributed by atoms with E-state index < -0.39 is 23.6 Å². The Labute approximate surface area is 149 Å². The van der Waals surface area contributed by atoms with Crippen LogP contribution in [0.3, 0.4) is 0 Å². The lowest BCUT2D eigenvalue weighted by Crippen LogP contribution is -2.49. The van der Waals surface area contributed by atoms with Gasteiger partial charge in [-0.05, 0) is 41.8 Å². The summed E-state index contributed by atoms with van der Waals surface area (Å²) in [6, 6.07) is 16.6. The fraction of sp³-hybridized carbons (Fsp3) is 0.150. The van der Waals surface area contributed by atoms with E-state index in [2.05, 4.69) is 21.7 Å². The zero-order chi connectivity index (χ0) is 18.3. The molecule has 1 saturated heterocycles. The molecule has 130 valence electrons. The predicted molar refractivity (Wildman–Crippen MR) is 97.2 cm³/mol. The molecule has 26 heavy (non-hydrogen) atoms. The maximum absolute atomic E-state index is 12.0. The molecule has 3 N–H and O–H groups in total. The average Bonchev–Trinajstić information content (AvgIpc) is 2.93. The number of aromatic nitrogens is 1. The van der Waals surface area contributed by atoms with Gasteiger partial charge in [0.15, 0.2) is 0 Å². The summed E-state index contributed by atoms with van der Waals surface area (Å²) in [6.07, 6.45) is 0.611. The number of hydrogen-bond acceptors (Lipinski definition) is 4. The Hall–Kier alpha value is -3.25. The normalized spacial score (nSPS) is 20.7. The van der Waals surface area contributed by atoms with Crippen molar-refractivity contribution in [2.24, 2.45) is 0 Å². The highest BCUT2D eigenvalue weighted by molar-refractivity contribution is 6.07. The molecule has 0 aliphatic carbocycles. The summed E-state index contributed by atoms with van der Waals surface area (Å²) >= 11 is 0. The topological polar surface area (TPSA) is 91.3 Å². The van der Waals surface area contributed by atoms with Gasteiger partial charge in [0.25, 0.3) is 5.91 Å². The number of imide groups is 1. The van der Waals surface area contributed by atoms with Crippen LogP contribution in [0.15, 0.2) is 60.8 Å². The fourth-order valence-corrected chi connectivity index (χ4v) is 3.20. The third-order valence-corrected chi connectivity index (χ3v) is 4.78. The maximum Gasteiger partial charge on any atom is 0.322 e. The van der Waals surface area contributed by atoms with Crippen molar-refractivity contribution in [2.75, 3.05) is 0 Å². The van der Waals surface area contributed by atoms with Crippen molar-refractivity contribution in [3.8, 4) is 11.1 Å². The van der Waals surface area contributed by atoms with Gasteiger partial charge in [-0.15, -0.1) is 0 Å². The number of carbonyl (C=O) groups is 2. The Balaban J connectivity index is 1.64. The fourth-order valence-electron chi connectivity index (χ4n) is 3.20. The number of carbonyl (C=O) groups excluding carboxylic acids is 2. The van der Waals surface area contributed by atoms with Crippen LogP contribution in [0.1, 0.15) is 18.6 Å². The maximum atomic E-state index is 12.0. The van der Waals surface area contributed by atoms with Crippen LogP contribution < -0.4 is 10.6 Å². The summed E-state index contributed by atoms with van der Waals surface area (Å²) in [6.45, 7) is 1.50. The van der Waals surface area contributed by atoms with Gasteiger partial charge in [-0.1, -0.05) is 36.4 Å². The molecule has 1 aliphatic rings. The molecular weight excluding hydrogens is 330 g/mol. The van der Waals surface area contributed by atoms with Gasteiger partial charge >= 0.3 is 6.03 Å². The third-order valence-electron chi connectivity index (χ3n) is 4.78. The van der Waals surface area contributed by atoms with Crippen LogP contribution in [-0.4, -0.2) is 27.6 Å². The lowest BCUT2D eigenvalue weighted by molar-refractivity contribution is -0.127. The van der Waals surface area contributed by atoms with Crippen LogP contribution in [-0.2, 0) is 4.79 Å². The van der Waals surface area contributed by atoms with E-state index in [1.54, 1.807) is 18.3 Å². The summed E-state index contributed by atoms with van der Waals surface area (Å²) < 4.78 is 0. The van der Waals surface area contributed by atoms with Gasteiger partial charge < -0.3 is 10.4 Å². The number of rotatable bonds is 3. The highest BCUT2D eigenvalue weighted by atomic mass is 16.3. The lowest BCUT2D eigenvalue weighted by Gasteiger charge is -2.27. The van der Waals surface area contributed by atoms with Crippen LogP contribution in [0.5, 0.6) is 0 Å². The minimum atomic E-state index is -1.38. The summed E-state index contributed by atoms with van der Waals surface area (Å²) in [4.78, 5) is 27.7. The van der Waals surface area contributed by atoms with Crippen LogP contribution >= 0.6 is 0 Å². The standard InChI is InChI=1S/C20H17N3O3/c1-20(18(25)22-19(26)23-20)17(24)13-6-4-12(5-7-13)14-8-9-16-15(11-14)3-2-10-21-16/h2-11,17,24H,1H3,(H2,22,23,25,26)/t17?,20-/m1/s1. The second-order valence-electron chi connectivity index (χ2n) is 6.55. The molecule has 3 aromatic rings. The van der Waals surface area contributed by atoms with E-state index in [4.69, 9.17) is 0 Å². The molecule has 4 rings (SSSR count). The average molecular weight is 347 g/mol. The Morgan fingerprint density at radius 2 is 1.77 bits per heavy atom. The Morgan fingerprint density at radius 1 is 1.04 bits per heavy atom. The molecule has 6 heteroatoms. The summed E-state index contributed by atoms with van der Waals surface area (Å²) in [5.74, 6) is -0.541. The lowest BCUT2D eigenvalue weighted by atomic mass is 9.88. The first kappa shape index (κ1) is 16.2. The number of aliphatic hydroxyl groups is 1. The van der Waals surface area contributed by atoms with Gasteiger partial charge in [-0.2, -0.15) is 0 Å². The molecule has 1 aliphatic heterocycles. The molecular formula is C20H17N3O3. The van der Waals surface area contributed by atoms with Crippen molar-refractivity contribution in [2.45, 2.75) is 18.6 Å². The molecule has 2 aromatic carbocycles. The zero-order valence-electron chi connectivity index (χ0n) is 14.1. The number of aliphatic hydroxyl groups excluding tert-OH is 1. The Morgan fingerprint density at radius 3 is 2.46 bits per heavy atom. The number of fused-ring (bicyclic) bond motifs is 1. The monoisotopic (exact) mass is 347 g/mol. The van der Waals surface area contributed by atoms with Crippen molar-refractivity contribution in [3.05, 3.63) is 66.4 Å². The Kier molecular flexibility index (Phi) is 3.70. The number of amides is 3. The van der Waals surface area contributed by atoms with E-state index in [-0.39, 0.29) is 0 Å². The number of nitrogens with one attached hydrogen (secondary N) is 2. The SMILES string of the molecule is C[C@]1(C(O)c2ccc(-c3ccc4ncccc4c3)cc2)NC(=O)NC1=O. The molecule has 0 saturated carbocycles. The minimum absolute atomic E-state index is 0.541. The van der Waals surface area contributed by atoms with Crippen molar-refractivity contribution in [1.29, 1.82) is 0 Å². The predicted octanol–water partition coefficient (Wildman–Crippen LogP) is 2.53. The summed E-state index contributed by atoms with van der Waals surface area (Å²) in [7, 11) is 0. The molecule has 1 unspecified atom stereocenters. The van der Waals surface area contributed by atoms with E-state index in [0.29, 0.717) is 5.56 Å². The first-order valence-electron chi connectivity index (χ1n) is 8.24. The molecule has 0 spiro atoms. The minimum Gasteiger partial charge on any atom is -0.385 e. The first-order valence-corrected chi connectivity index (χ1v) is 8.24. The molecule has 6 nitrogen and oxygen atoms in total. The second kappa shape index (κ2) is 5.93. The summed E-state index contributed by atoms with van der Waals surface area (Å²) in [5, 5.41) is 16.3. The third kappa shape index (κ3) is 2.60. The van der Waals surface area contributed by atoms with Crippen LogP contribution in [0.25, 0.3) is 22.0 Å². The molecule has 2 heterocycles. The van der Waals surface area contributed by atoms with Crippen molar-refractivity contribution < 1.29 is 14.7 Å². The van der Waals surface area contributed by atoms with Crippen LogP contribution in [0.4, 0.5) is 4.79 Å². The van der Waals surface area contributed by atoms with Gasteiger partial charge in [-0.25, -0.2) is 4.79 Å². The van der Waals surface area contributed by atoms with Gasteiger partial charge in [0, 0.05) is 11.6 Å². The molecule has 2 atom stereocenters. The summed E-state index contributed by atoms with van der Waals surface area (Å²) in [5.41, 5.74) is 2.12. The van der Waals surface area contributed by atoms with Crippen molar-refractivity contribution in [3.63, 3.8) is 0 Å². The highest BCUT2D eigenvalue weighted by Gasteiger charge is 2.48. The van der Waals surface area contributed by atoms with E-state index >= 15 is 0 Å². The first-order chi connectivity index (χ1) is 12.5. The van der Waals surface area contributed by atoms with E-state index in [1.807, 2.05) is 36.4 Å². The van der Waals surface area contributed by atoms with Crippen molar-refractivity contribution >= 4 is 22.8 Å². The molecule has 0 bridgehead atoms. The van der Waals surface area contributed by atoms with Crippen LogP contribution in [0, 0.1) is 0 Å². The van der Waals surface area contributed by atoms with E-state index in [1.165, 1.54) is 6.92 Å².